The fourth-order valence-electron chi connectivity index (χ4n) is 4.24. The van der Waals surface area contributed by atoms with Crippen molar-refractivity contribution in [2.75, 3.05) is 19.3 Å². The van der Waals surface area contributed by atoms with E-state index in [2.05, 4.69) is 9.71 Å². The van der Waals surface area contributed by atoms with Crippen LogP contribution in [0, 0.1) is 24.5 Å². The van der Waals surface area contributed by atoms with Gasteiger partial charge in [-0.05, 0) is 55.0 Å². The number of pyridine rings is 1. The highest BCUT2D eigenvalue weighted by molar-refractivity contribution is 7.88. The Labute approximate surface area is 174 Å². The average molecular weight is 435 g/mol. The first-order chi connectivity index (χ1) is 14.1. The second-order valence-electron chi connectivity index (χ2n) is 8.12. The van der Waals surface area contributed by atoms with Gasteiger partial charge in [0.2, 0.25) is 15.9 Å². The normalized spacial score (nSPS) is 23.6. The van der Waals surface area contributed by atoms with Gasteiger partial charge in [-0.25, -0.2) is 21.9 Å². The molecule has 1 saturated heterocycles. The Bertz CT molecular complexity index is 1090. The minimum Gasteiger partial charge on any atom is -0.341 e. The molecule has 0 bridgehead atoms. The second kappa shape index (κ2) is 7.70. The van der Waals surface area contributed by atoms with Crippen LogP contribution in [0.2, 0.25) is 0 Å². The largest absolute Gasteiger partial charge is 0.341 e. The number of hydrogen-bond acceptors (Lipinski definition) is 4. The van der Waals surface area contributed by atoms with Crippen LogP contribution in [0.4, 0.5) is 8.78 Å². The number of nitrogens with zero attached hydrogens (tertiary/aromatic N) is 2. The molecule has 160 valence electrons. The van der Waals surface area contributed by atoms with Gasteiger partial charge in [0.1, 0.15) is 11.6 Å². The number of sulfonamides is 1. The third-order valence-electron chi connectivity index (χ3n) is 5.69. The predicted octanol–water partition coefficient (Wildman–Crippen LogP) is 2.59. The summed E-state index contributed by atoms with van der Waals surface area (Å²) in [5.74, 6) is -1.82. The number of carbonyl (C=O) groups is 1. The summed E-state index contributed by atoms with van der Waals surface area (Å²) in [5, 5.41) is 0. The van der Waals surface area contributed by atoms with Gasteiger partial charge in [0.15, 0.2) is 0 Å². The van der Waals surface area contributed by atoms with E-state index in [1.807, 2.05) is 0 Å². The molecular weight excluding hydrogens is 412 g/mol. The van der Waals surface area contributed by atoms with Gasteiger partial charge in [-0.3, -0.25) is 9.78 Å². The molecule has 2 aromatic rings. The van der Waals surface area contributed by atoms with Crippen molar-refractivity contribution in [3.8, 4) is 11.1 Å². The zero-order valence-electron chi connectivity index (χ0n) is 16.7. The molecule has 0 radical (unpaired) electrons. The highest BCUT2D eigenvalue weighted by atomic mass is 32.2. The minimum atomic E-state index is -3.33. The summed E-state index contributed by atoms with van der Waals surface area (Å²) in [6.45, 7) is 2.56. The SMILES string of the molecule is Cc1cc(-c2c(F)cccc2F)c([C@@H]2C[C@H]2C(=O)N2CC[C@H](NS(C)(=O)=O)C2)cn1. The van der Waals surface area contributed by atoms with Crippen molar-refractivity contribution in [2.24, 2.45) is 5.92 Å². The molecule has 1 aromatic heterocycles. The number of amides is 1. The second-order valence-corrected chi connectivity index (χ2v) is 9.90. The molecule has 2 aliphatic rings. The molecule has 2 fully saturated rings. The van der Waals surface area contributed by atoms with E-state index in [1.165, 1.54) is 18.2 Å². The highest BCUT2D eigenvalue weighted by Crippen LogP contribution is 2.51. The summed E-state index contributed by atoms with van der Waals surface area (Å²) in [6, 6.07) is 5.11. The lowest BCUT2D eigenvalue weighted by Crippen LogP contribution is -2.38. The molecule has 9 heteroatoms. The Morgan fingerprint density at radius 1 is 1.27 bits per heavy atom. The van der Waals surface area contributed by atoms with E-state index in [1.54, 1.807) is 24.1 Å². The molecule has 1 N–H and O–H groups in total. The monoisotopic (exact) mass is 435 g/mol. The Morgan fingerprint density at radius 2 is 1.97 bits per heavy atom. The summed E-state index contributed by atoms with van der Waals surface area (Å²) in [5.41, 5.74) is 1.62. The van der Waals surface area contributed by atoms with Crippen LogP contribution in [0.5, 0.6) is 0 Å². The van der Waals surface area contributed by atoms with Crippen LogP contribution in [-0.4, -0.2) is 49.6 Å². The summed E-state index contributed by atoms with van der Waals surface area (Å²) in [7, 11) is -3.33. The Hall–Kier alpha value is -2.39. The van der Waals surface area contributed by atoms with E-state index < -0.39 is 21.7 Å². The van der Waals surface area contributed by atoms with Crippen molar-refractivity contribution in [3.63, 3.8) is 0 Å². The number of aromatic nitrogens is 1. The van der Waals surface area contributed by atoms with Crippen molar-refractivity contribution in [3.05, 3.63) is 53.4 Å². The molecule has 1 amide bonds. The van der Waals surface area contributed by atoms with Gasteiger partial charge in [-0.15, -0.1) is 0 Å². The van der Waals surface area contributed by atoms with Gasteiger partial charge in [0.05, 0.1) is 11.8 Å². The topological polar surface area (TPSA) is 79.4 Å². The van der Waals surface area contributed by atoms with Crippen LogP contribution >= 0.6 is 0 Å². The van der Waals surface area contributed by atoms with Crippen LogP contribution < -0.4 is 4.72 Å². The van der Waals surface area contributed by atoms with Crippen molar-refractivity contribution in [1.29, 1.82) is 0 Å². The molecule has 2 heterocycles. The lowest BCUT2D eigenvalue weighted by molar-refractivity contribution is -0.131. The number of rotatable bonds is 5. The van der Waals surface area contributed by atoms with E-state index in [4.69, 9.17) is 0 Å². The maximum absolute atomic E-state index is 14.4. The average Bonchev–Trinajstić information content (AvgIpc) is 3.31. The lowest BCUT2D eigenvalue weighted by Gasteiger charge is -2.17. The quantitative estimate of drug-likeness (QED) is 0.783. The smallest absolute Gasteiger partial charge is 0.226 e. The first-order valence-corrected chi connectivity index (χ1v) is 11.7. The van der Waals surface area contributed by atoms with Gasteiger partial charge >= 0.3 is 0 Å². The number of aryl methyl sites for hydroxylation is 1. The molecule has 1 aliphatic heterocycles. The molecule has 3 atom stereocenters. The predicted molar refractivity (Wildman–Crippen MR) is 108 cm³/mol. The van der Waals surface area contributed by atoms with E-state index in [-0.39, 0.29) is 29.3 Å². The zero-order chi connectivity index (χ0) is 21.6. The van der Waals surface area contributed by atoms with E-state index in [9.17, 15) is 22.0 Å². The van der Waals surface area contributed by atoms with Gasteiger partial charge in [0.25, 0.3) is 0 Å². The van der Waals surface area contributed by atoms with E-state index in [0.717, 1.165) is 6.26 Å². The minimum absolute atomic E-state index is 0.0571. The zero-order valence-corrected chi connectivity index (χ0v) is 17.5. The number of benzene rings is 1. The molecule has 4 rings (SSSR count). The number of halogens is 2. The molecule has 30 heavy (non-hydrogen) atoms. The standard InChI is InChI=1S/C21H23F2N3O3S/c1-12-8-15(20-18(22)4-3-5-19(20)23)17(10-24-12)14-9-16(14)21(27)26-7-6-13(11-26)25-30(2,28)29/h3-5,8,10,13-14,16,25H,6-7,9,11H2,1-2H3/t13-,14+,16+/m0/s1. The molecule has 0 unspecified atom stereocenters. The highest BCUT2D eigenvalue weighted by Gasteiger charge is 2.48. The maximum atomic E-state index is 14.4. The lowest BCUT2D eigenvalue weighted by atomic mass is 9.96. The van der Waals surface area contributed by atoms with Crippen LogP contribution in [0.1, 0.15) is 30.0 Å². The molecule has 6 nitrogen and oxygen atoms in total. The van der Waals surface area contributed by atoms with Crippen LogP contribution in [0.3, 0.4) is 0 Å². The van der Waals surface area contributed by atoms with E-state index >= 15 is 0 Å². The Kier molecular flexibility index (Phi) is 5.36. The number of hydrogen-bond donors (Lipinski definition) is 1. The van der Waals surface area contributed by atoms with Crippen LogP contribution in [0.15, 0.2) is 30.5 Å². The van der Waals surface area contributed by atoms with Gasteiger partial charge in [0, 0.05) is 36.9 Å². The third-order valence-corrected chi connectivity index (χ3v) is 6.45. The van der Waals surface area contributed by atoms with Gasteiger partial charge < -0.3 is 4.90 Å². The Balaban J connectivity index is 1.54. The first kappa shape index (κ1) is 20.9. The fraction of sp³-hybridized carbons (Fsp3) is 0.429. The van der Waals surface area contributed by atoms with Crippen molar-refractivity contribution >= 4 is 15.9 Å². The molecule has 1 aromatic carbocycles. The first-order valence-electron chi connectivity index (χ1n) is 9.81. The number of nitrogens with one attached hydrogen (secondary N) is 1. The number of likely N-dealkylation sites (tertiary alicyclic amines) is 1. The summed E-state index contributed by atoms with van der Waals surface area (Å²) in [6.07, 6.45) is 3.84. The van der Waals surface area contributed by atoms with Gasteiger partial charge in [-0.2, -0.15) is 0 Å². The third kappa shape index (κ3) is 4.22. The van der Waals surface area contributed by atoms with Crippen LogP contribution in [-0.2, 0) is 14.8 Å². The summed E-state index contributed by atoms with van der Waals surface area (Å²) >= 11 is 0. The van der Waals surface area contributed by atoms with Crippen molar-refractivity contribution in [2.45, 2.75) is 31.7 Å². The van der Waals surface area contributed by atoms with Crippen LogP contribution in [0.25, 0.3) is 11.1 Å². The molecule has 1 aliphatic carbocycles. The fourth-order valence-corrected chi connectivity index (χ4v) is 5.04. The van der Waals surface area contributed by atoms with E-state index in [0.29, 0.717) is 42.8 Å². The van der Waals surface area contributed by atoms with Crippen molar-refractivity contribution in [1.82, 2.24) is 14.6 Å². The molecule has 0 spiro atoms. The maximum Gasteiger partial charge on any atom is 0.226 e. The summed E-state index contributed by atoms with van der Waals surface area (Å²) in [4.78, 5) is 18.9. The molecular formula is C21H23F2N3O3S. The molecule has 1 saturated carbocycles. The number of carbonyl (C=O) groups excluding carboxylic acids is 1. The van der Waals surface area contributed by atoms with Gasteiger partial charge in [-0.1, -0.05) is 6.07 Å². The van der Waals surface area contributed by atoms with Crippen molar-refractivity contribution < 1.29 is 22.0 Å². The summed E-state index contributed by atoms with van der Waals surface area (Å²) < 4.78 is 54.2. The Morgan fingerprint density at radius 3 is 2.63 bits per heavy atom.